The lowest BCUT2D eigenvalue weighted by molar-refractivity contribution is 0.0452. The minimum atomic E-state index is -4.74. The lowest BCUT2D eigenvalue weighted by Gasteiger charge is -2.17. The first kappa shape index (κ1) is 30.0. The first-order chi connectivity index (χ1) is 21.0. The maximum atomic E-state index is 14.8. The molecular weight excluding hydrogens is 620 g/mol. The number of methoxy groups -OCH3 is 1. The molecule has 1 atom stereocenters. The van der Waals surface area contributed by atoms with E-state index in [0.717, 1.165) is 18.9 Å². The molecule has 18 heteroatoms. The van der Waals surface area contributed by atoms with E-state index in [-0.39, 0.29) is 46.9 Å². The van der Waals surface area contributed by atoms with Crippen molar-refractivity contribution in [2.75, 3.05) is 19.0 Å². The number of rotatable bonds is 11. The summed E-state index contributed by atoms with van der Waals surface area (Å²) in [7, 11) is -3.35. The molecule has 0 aliphatic heterocycles. The number of fused-ring (bicyclic) bond motifs is 1. The number of amides is 1. The number of nitrogens with one attached hydrogen (secondary N) is 1. The summed E-state index contributed by atoms with van der Waals surface area (Å²) < 4.78 is 39.0. The number of carbonyl (C=O) groups is 1. The summed E-state index contributed by atoms with van der Waals surface area (Å²) >= 11 is 6.29. The van der Waals surface area contributed by atoms with Crippen LogP contribution in [-0.4, -0.2) is 75.1 Å². The van der Waals surface area contributed by atoms with Gasteiger partial charge in [0.1, 0.15) is 11.9 Å². The third-order valence-electron chi connectivity index (χ3n) is 6.90. The van der Waals surface area contributed by atoms with Gasteiger partial charge in [-0.25, -0.2) is 13.5 Å². The zero-order valence-corrected chi connectivity index (χ0v) is 25.0. The maximum Gasteiger partial charge on any atom is 0.469 e. The van der Waals surface area contributed by atoms with E-state index in [9.17, 15) is 23.5 Å². The molecule has 4 heterocycles. The predicted octanol–water partition coefficient (Wildman–Crippen LogP) is 3.66. The van der Waals surface area contributed by atoms with Gasteiger partial charge in [-0.1, -0.05) is 11.6 Å². The highest BCUT2D eigenvalue weighted by molar-refractivity contribution is 7.46. The number of aromatic nitrogens is 8. The average molecular weight is 646 g/mol. The van der Waals surface area contributed by atoms with Gasteiger partial charge in [-0.15, -0.1) is 10.2 Å². The molecule has 5 aromatic rings. The second kappa shape index (κ2) is 11.8. The van der Waals surface area contributed by atoms with Crippen molar-refractivity contribution in [1.82, 2.24) is 39.6 Å². The number of hydrogen-bond acceptors (Lipinski definition) is 9. The van der Waals surface area contributed by atoms with Gasteiger partial charge in [-0.3, -0.25) is 14.0 Å². The Morgan fingerprint density at radius 1 is 1.25 bits per heavy atom. The van der Waals surface area contributed by atoms with Crippen molar-refractivity contribution in [3.05, 3.63) is 65.0 Å². The number of nitrogens with zero attached hydrogens (tertiary/aromatic N) is 8. The van der Waals surface area contributed by atoms with Gasteiger partial charge in [0.05, 0.1) is 58.4 Å². The predicted molar refractivity (Wildman–Crippen MR) is 154 cm³/mol. The summed E-state index contributed by atoms with van der Waals surface area (Å²) in [4.78, 5) is 33.3. The van der Waals surface area contributed by atoms with Crippen LogP contribution in [0.2, 0.25) is 5.02 Å². The van der Waals surface area contributed by atoms with Gasteiger partial charge in [0.25, 0.3) is 5.91 Å². The Labute approximate surface area is 253 Å². The fourth-order valence-corrected chi connectivity index (χ4v) is 5.44. The van der Waals surface area contributed by atoms with Crippen LogP contribution in [0.3, 0.4) is 0 Å². The molecule has 0 bridgehead atoms. The van der Waals surface area contributed by atoms with Crippen LogP contribution in [0.1, 0.15) is 34.9 Å². The molecule has 1 saturated carbocycles. The van der Waals surface area contributed by atoms with E-state index in [2.05, 4.69) is 30.9 Å². The normalized spacial score (nSPS) is 14.3. The Balaban J connectivity index is 1.25. The largest absolute Gasteiger partial charge is 0.469 e. The van der Waals surface area contributed by atoms with Crippen LogP contribution in [0, 0.1) is 12.7 Å². The summed E-state index contributed by atoms with van der Waals surface area (Å²) in [6.07, 6.45) is 5.72. The number of aryl methyl sites for hydroxylation is 1. The van der Waals surface area contributed by atoms with Crippen LogP contribution in [0.4, 0.5) is 10.1 Å². The van der Waals surface area contributed by atoms with Crippen molar-refractivity contribution < 1.29 is 32.8 Å². The van der Waals surface area contributed by atoms with Gasteiger partial charge in [-0.2, -0.15) is 15.0 Å². The summed E-state index contributed by atoms with van der Waals surface area (Å²) in [5, 5.41) is 23.6. The summed E-state index contributed by atoms with van der Waals surface area (Å²) in [5.41, 5.74) is 2.96. The van der Waals surface area contributed by atoms with Gasteiger partial charge >= 0.3 is 7.82 Å². The molecule has 1 amide bonds. The van der Waals surface area contributed by atoms with Crippen molar-refractivity contribution in [3.8, 4) is 22.5 Å². The van der Waals surface area contributed by atoms with Gasteiger partial charge in [-0.05, 0) is 54.8 Å². The maximum absolute atomic E-state index is 14.8. The molecule has 4 aromatic heterocycles. The molecule has 1 aliphatic carbocycles. The fraction of sp³-hybridized carbons (Fsp3) is 0.308. The minimum absolute atomic E-state index is 0.0103. The molecule has 6 rings (SSSR count). The van der Waals surface area contributed by atoms with Gasteiger partial charge in [0, 0.05) is 25.1 Å². The number of phosphoric ester groups is 1. The highest BCUT2D eigenvalue weighted by Gasteiger charge is 2.28. The van der Waals surface area contributed by atoms with Crippen LogP contribution in [0.15, 0.2) is 42.9 Å². The number of phosphoric acid groups is 1. The molecule has 1 aromatic carbocycles. The van der Waals surface area contributed by atoms with E-state index in [1.165, 1.54) is 33.4 Å². The molecule has 0 radical (unpaired) electrons. The molecular formula is C26H26ClFN9O6P. The molecule has 15 nitrogen and oxygen atoms in total. The molecule has 3 N–H and O–H groups in total. The number of carbonyl (C=O) groups excluding carboxylic acids is 1. The molecule has 1 fully saturated rings. The van der Waals surface area contributed by atoms with E-state index in [0.29, 0.717) is 22.3 Å². The van der Waals surface area contributed by atoms with Crippen LogP contribution in [0.25, 0.3) is 28.0 Å². The zero-order valence-electron chi connectivity index (χ0n) is 23.3. The smallest absolute Gasteiger partial charge is 0.382 e. The Kier molecular flexibility index (Phi) is 8.04. The minimum Gasteiger partial charge on any atom is -0.382 e. The summed E-state index contributed by atoms with van der Waals surface area (Å²) in [6, 6.07) is 6.17. The van der Waals surface area contributed by atoms with E-state index in [1.54, 1.807) is 31.5 Å². The second-order valence-corrected chi connectivity index (χ2v) is 11.9. The Hall–Kier alpha value is -4.05. The van der Waals surface area contributed by atoms with Gasteiger partial charge in [0.15, 0.2) is 0 Å². The summed E-state index contributed by atoms with van der Waals surface area (Å²) in [5.74, 6) is -1.10. The Morgan fingerprint density at radius 3 is 2.77 bits per heavy atom. The van der Waals surface area contributed by atoms with Crippen molar-refractivity contribution in [2.24, 2.45) is 0 Å². The first-order valence-corrected chi connectivity index (χ1v) is 15.2. The lowest BCUT2D eigenvalue weighted by Crippen LogP contribution is -2.24. The quantitative estimate of drug-likeness (QED) is 0.178. The number of hydrogen-bond donors (Lipinski definition) is 3. The molecule has 44 heavy (non-hydrogen) atoms. The van der Waals surface area contributed by atoms with Gasteiger partial charge in [0.2, 0.25) is 5.82 Å². The number of pyridine rings is 1. The second-order valence-electron chi connectivity index (χ2n) is 10.3. The number of halogens is 2. The van der Waals surface area contributed by atoms with Crippen molar-refractivity contribution in [3.63, 3.8) is 0 Å². The highest BCUT2D eigenvalue weighted by Crippen LogP contribution is 2.38. The SMILES string of the molecule is COC[C@H](Cn1cc(-c2ccn3ncc(C(=O)Nc4cc(-c5nnn(C6CC6)n5)c(F)cc4Cl)c3c2)c(C)n1)OP(=O)(O)O. The molecule has 230 valence electrons. The molecule has 0 spiro atoms. The third-order valence-corrected chi connectivity index (χ3v) is 7.79. The van der Waals surface area contributed by atoms with E-state index < -0.39 is 25.7 Å². The summed E-state index contributed by atoms with van der Waals surface area (Å²) in [6.45, 7) is 1.74. The van der Waals surface area contributed by atoms with Crippen molar-refractivity contribution >= 4 is 36.5 Å². The van der Waals surface area contributed by atoms with Crippen LogP contribution in [0.5, 0.6) is 0 Å². The monoisotopic (exact) mass is 645 g/mol. The van der Waals surface area contributed by atoms with Crippen LogP contribution >= 0.6 is 19.4 Å². The molecule has 1 aliphatic rings. The van der Waals surface area contributed by atoms with Crippen LogP contribution < -0.4 is 5.32 Å². The topological polar surface area (TPSA) is 184 Å². The number of anilines is 1. The number of ether oxygens (including phenoxy) is 1. The van der Waals surface area contributed by atoms with E-state index in [1.807, 2.05) is 0 Å². The molecule has 0 saturated heterocycles. The zero-order chi connectivity index (χ0) is 31.2. The number of tetrazole rings is 1. The highest BCUT2D eigenvalue weighted by atomic mass is 35.5. The van der Waals surface area contributed by atoms with E-state index >= 15 is 0 Å². The van der Waals surface area contributed by atoms with Crippen molar-refractivity contribution in [2.45, 2.75) is 38.5 Å². The Bertz CT molecular complexity index is 1920. The van der Waals surface area contributed by atoms with Gasteiger partial charge < -0.3 is 19.8 Å². The Morgan fingerprint density at radius 2 is 2.05 bits per heavy atom. The number of benzene rings is 1. The van der Waals surface area contributed by atoms with Crippen molar-refractivity contribution in [1.29, 1.82) is 0 Å². The average Bonchev–Trinajstić information content (AvgIpc) is 3.35. The van der Waals surface area contributed by atoms with E-state index in [4.69, 9.17) is 20.9 Å². The standard InChI is InChI=1S/C26H26ClFN9O6P/c1-14-20(12-35(32-14)11-17(13-42-2)43-44(39,40)41)15-5-6-36-24(7-15)19(10-29-36)26(38)30-23-8-18(22(28)9-21(23)27)25-31-34-37(33-25)16-3-4-16/h5-10,12,16-17H,3-4,11,13H2,1-2H3,(H,30,38)(H2,39,40,41)/t17-/m0/s1. The molecule has 0 unspecified atom stereocenters. The lowest BCUT2D eigenvalue weighted by atomic mass is 10.1. The first-order valence-electron chi connectivity index (χ1n) is 13.3. The fourth-order valence-electron chi connectivity index (χ4n) is 4.72. The third kappa shape index (κ3) is 6.40. The van der Waals surface area contributed by atoms with Crippen LogP contribution in [-0.2, 0) is 20.4 Å².